The van der Waals surface area contributed by atoms with Gasteiger partial charge in [0.1, 0.15) is 5.60 Å². The summed E-state index contributed by atoms with van der Waals surface area (Å²) in [5, 5.41) is 0. The molecule has 90 valence electrons. The van der Waals surface area contributed by atoms with Crippen molar-refractivity contribution in [2.24, 2.45) is 11.7 Å². The highest BCUT2D eigenvalue weighted by Gasteiger charge is 2.46. The van der Waals surface area contributed by atoms with Crippen molar-refractivity contribution in [3.63, 3.8) is 0 Å². The van der Waals surface area contributed by atoms with Crippen molar-refractivity contribution in [1.82, 2.24) is 0 Å². The number of esters is 1. The maximum atomic E-state index is 11.8. The van der Waals surface area contributed by atoms with Gasteiger partial charge in [-0.25, -0.2) is 4.79 Å². The van der Waals surface area contributed by atoms with Crippen LogP contribution in [0.25, 0.3) is 0 Å². The molecule has 1 aliphatic carbocycles. The van der Waals surface area contributed by atoms with Gasteiger partial charge in [0.15, 0.2) is 0 Å². The monoisotopic (exact) mass is 231 g/mol. The van der Waals surface area contributed by atoms with Crippen LogP contribution in [0, 0.1) is 5.92 Å². The van der Waals surface area contributed by atoms with Crippen LogP contribution in [0.2, 0.25) is 0 Å². The van der Waals surface area contributed by atoms with Gasteiger partial charge < -0.3 is 10.5 Å². The molecule has 17 heavy (non-hydrogen) atoms. The second-order valence-corrected chi connectivity index (χ2v) is 5.11. The molecule has 1 spiro atoms. The quantitative estimate of drug-likeness (QED) is 0.754. The Kier molecular flexibility index (Phi) is 2.44. The van der Waals surface area contributed by atoms with Crippen molar-refractivity contribution in [3.05, 3.63) is 35.4 Å². The first-order valence-electron chi connectivity index (χ1n) is 6.28. The molecule has 0 atom stereocenters. The van der Waals surface area contributed by atoms with Crippen LogP contribution in [0.1, 0.15) is 41.6 Å². The number of rotatable bonds is 1. The molecule has 1 aliphatic heterocycles. The summed E-state index contributed by atoms with van der Waals surface area (Å²) in [5.74, 6) is 0.430. The number of hydrogen-bond donors (Lipinski definition) is 1. The normalized spacial score (nSPS) is 31.4. The van der Waals surface area contributed by atoms with Gasteiger partial charge in [0, 0.05) is 5.56 Å². The van der Waals surface area contributed by atoms with Gasteiger partial charge in [-0.1, -0.05) is 18.2 Å². The summed E-state index contributed by atoms with van der Waals surface area (Å²) in [5.41, 5.74) is 7.19. The van der Waals surface area contributed by atoms with E-state index in [1.807, 2.05) is 24.3 Å². The Morgan fingerprint density at radius 1 is 1.29 bits per heavy atom. The van der Waals surface area contributed by atoms with E-state index in [0.29, 0.717) is 5.92 Å². The highest BCUT2D eigenvalue weighted by molar-refractivity contribution is 5.94. The Bertz CT molecular complexity index is 447. The van der Waals surface area contributed by atoms with Crippen LogP contribution in [-0.4, -0.2) is 12.5 Å². The first-order chi connectivity index (χ1) is 8.25. The molecule has 1 aromatic carbocycles. The van der Waals surface area contributed by atoms with Crippen LogP contribution in [0.4, 0.5) is 0 Å². The summed E-state index contributed by atoms with van der Waals surface area (Å²) >= 11 is 0. The zero-order chi connectivity index (χ0) is 11.9. The van der Waals surface area contributed by atoms with Gasteiger partial charge in [0.05, 0.1) is 5.56 Å². The summed E-state index contributed by atoms with van der Waals surface area (Å²) in [6.45, 7) is 0.742. The van der Waals surface area contributed by atoms with Gasteiger partial charge >= 0.3 is 5.97 Å². The third kappa shape index (κ3) is 1.57. The molecule has 0 saturated heterocycles. The predicted molar refractivity (Wildman–Crippen MR) is 64.5 cm³/mol. The fraction of sp³-hybridized carbons (Fsp3) is 0.500. The highest BCUT2D eigenvalue weighted by Crippen LogP contribution is 2.47. The SMILES string of the molecule is NCC1CCC2(CC1)OC(=O)c1ccccc12. The largest absolute Gasteiger partial charge is 0.451 e. The Morgan fingerprint density at radius 2 is 2.00 bits per heavy atom. The van der Waals surface area contributed by atoms with Gasteiger partial charge in [-0.15, -0.1) is 0 Å². The molecule has 0 amide bonds. The first-order valence-corrected chi connectivity index (χ1v) is 6.28. The van der Waals surface area contributed by atoms with E-state index in [2.05, 4.69) is 0 Å². The molecule has 1 fully saturated rings. The van der Waals surface area contributed by atoms with E-state index in [-0.39, 0.29) is 11.6 Å². The number of benzene rings is 1. The van der Waals surface area contributed by atoms with E-state index in [4.69, 9.17) is 10.5 Å². The molecule has 3 heteroatoms. The minimum absolute atomic E-state index is 0.160. The predicted octanol–water partition coefficient (Wildman–Crippen LogP) is 2.20. The lowest BCUT2D eigenvalue weighted by atomic mass is 9.75. The summed E-state index contributed by atoms with van der Waals surface area (Å²) in [4.78, 5) is 11.8. The molecule has 2 N–H and O–H groups in total. The number of ether oxygens (including phenoxy) is 1. The van der Waals surface area contributed by atoms with Gasteiger partial charge in [0.25, 0.3) is 0 Å². The summed E-state index contributed by atoms with van der Waals surface area (Å²) in [6, 6.07) is 7.77. The smallest absolute Gasteiger partial charge is 0.339 e. The lowest BCUT2D eigenvalue weighted by Crippen LogP contribution is -2.34. The fourth-order valence-corrected chi connectivity index (χ4v) is 3.10. The van der Waals surface area contributed by atoms with Crippen LogP contribution in [-0.2, 0) is 10.3 Å². The van der Waals surface area contributed by atoms with E-state index in [1.54, 1.807) is 0 Å². The van der Waals surface area contributed by atoms with Crippen molar-refractivity contribution < 1.29 is 9.53 Å². The molecule has 3 nitrogen and oxygen atoms in total. The third-order valence-electron chi connectivity index (χ3n) is 4.17. The van der Waals surface area contributed by atoms with Crippen molar-refractivity contribution in [2.45, 2.75) is 31.3 Å². The van der Waals surface area contributed by atoms with Crippen LogP contribution in [0.15, 0.2) is 24.3 Å². The average Bonchev–Trinajstić information content (AvgIpc) is 2.65. The molecular weight excluding hydrogens is 214 g/mol. The Hall–Kier alpha value is -1.35. The van der Waals surface area contributed by atoms with E-state index >= 15 is 0 Å². The second kappa shape index (κ2) is 3.84. The highest BCUT2D eigenvalue weighted by atomic mass is 16.6. The van der Waals surface area contributed by atoms with Gasteiger partial charge in [0.2, 0.25) is 0 Å². The third-order valence-corrected chi connectivity index (χ3v) is 4.17. The van der Waals surface area contributed by atoms with E-state index in [1.165, 1.54) is 0 Å². The molecular formula is C14H17NO2. The topological polar surface area (TPSA) is 52.3 Å². The van der Waals surface area contributed by atoms with Crippen LogP contribution < -0.4 is 5.73 Å². The molecule has 0 unspecified atom stereocenters. The van der Waals surface area contributed by atoms with E-state index < -0.39 is 0 Å². The molecule has 2 aliphatic rings. The minimum atomic E-state index is -0.348. The lowest BCUT2D eigenvalue weighted by molar-refractivity contribution is -0.0352. The molecule has 3 rings (SSSR count). The first kappa shape index (κ1) is 10.8. The van der Waals surface area contributed by atoms with Crippen LogP contribution >= 0.6 is 0 Å². The number of hydrogen-bond acceptors (Lipinski definition) is 3. The number of fused-ring (bicyclic) bond motifs is 2. The average molecular weight is 231 g/mol. The van der Waals surface area contributed by atoms with Gasteiger partial charge in [-0.3, -0.25) is 0 Å². The molecule has 1 aromatic rings. The minimum Gasteiger partial charge on any atom is -0.451 e. The van der Waals surface area contributed by atoms with E-state index in [9.17, 15) is 4.79 Å². The second-order valence-electron chi connectivity index (χ2n) is 5.11. The van der Waals surface area contributed by atoms with Crippen LogP contribution in [0.3, 0.4) is 0 Å². The molecule has 1 saturated carbocycles. The molecule has 0 aromatic heterocycles. The molecule has 0 radical (unpaired) electrons. The van der Waals surface area contributed by atoms with Crippen molar-refractivity contribution in [2.75, 3.05) is 6.54 Å². The zero-order valence-corrected chi connectivity index (χ0v) is 9.82. The standard InChI is InChI=1S/C14H17NO2/c15-9-10-5-7-14(8-6-10)12-4-2-1-3-11(12)13(16)17-14/h1-4,10H,5-9,15H2. The van der Waals surface area contributed by atoms with Gasteiger partial charge in [-0.05, 0) is 44.2 Å². The Morgan fingerprint density at radius 3 is 2.71 bits per heavy atom. The number of nitrogens with two attached hydrogens (primary N) is 1. The summed E-state index contributed by atoms with van der Waals surface area (Å²) in [7, 11) is 0. The zero-order valence-electron chi connectivity index (χ0n) is 9.82. The number of carbonyl (C=O) groups is 1. The summed E-state index contributed by atoms with van der Waals surface area (Å²) in [6.07, 6.45) is 3.94. The maximum Gasteiger partial charge on any atom is 0.339 e. The summed E-state index contributed by atoms with van der Waals surface area (Å²) < 4.78 is 5.67. The Labute approximate surface area is 101 Å². The maximum absolute atomic E-state index is 11.8. The van der Waals surface area contributed by atoms with Crippen LogP contribution in [0.5, 0.6) is 0 Å². The Balaban J connectivity index is 1.93. The van der Waals surface area contributed by atoms with Crippen molar-refractivity contribution in [3.8, 4) is 0 Å². The van der Waals surface area contributed by atoms with Crippen molar-refractivity contribution in [1.29, 1.82) is 0 Å². The van der Waals surface area contributed by atoms with E-state index in [0.717, 1.165) is 43.4 Å². The lowest BCUT2D eigenvalue weighted by Gasteiger charge is -2.36. The fourth-order valence-electron chi connectivity index (χ4n) is 3.10. The number of carbonyl (C=O) groups excluding carboxylic acids is 1. The van der Waals surface area contributed by atoms with Crippen molar-refractivity contribution >= 4 is 5.97 Å². The molecule has 0 bridgehead atoms. The molecule has 1 heterocycles. The van der Waals surface area contributed by atoms with Gasteiger partial charge in [-0.2, -0.15) is 0 Å².